The number of phenols is 2. The van der Waals surface area contributed by atoms with E-state index in [-0.39, 0.29) is 29.0 Å². The predicted molar refractivity (Wildman–Crippen MR) is 75.9 cm³/mol. The van der Waals surface area contributed by atoms with Crippen molar-refractivity contribution in [1.82, 2.24) is 4.90 Å². The number of phenolic OH excluding ortho intramolecular Hbond substituents is 2. The molecule has 0 fully saturated rings. The molecule has 0 atom stereocenters. The molecule has 0 radical (unpaired) electrons. The summed E-state index contributed by atoms with van der Waals surface area (Å²) in [6.45, 7) is 4.43. The predicted octanol–water partition coefficient (Wildman–Crippen LogP) is 2.97. The van der Waals surface area contributed by atoms with Crippen LogP contribution in [0, 0.1) is 0 Å². The Morgan fingerprint density at radius 2 is 1.95 bits per heavy atom. The minimum atomic E-state index is -0.303. The lowest BCUT2D eigenvalue weighted by atomic mass is 10.1. The molecule has 4 nitrogen and oxygen atoms in total. The summed E-state index contributed by atoms with van der Waals surface area (Å²) in [5, 5.41) is 19.2. The molecule has 5 heteroatoms. The molecule has 0 aliphatic rings. The molecule has 19 heavy (non-hydrogen) atoms. The van der Waals surface area contributed by atoms with Crippen molar-refractivity contribution in [3.8, 4) is 11.5 Å². The summed E-state index contributed by atoms with van der Waals surface area (Å²) >= 11 is 5.75. The summed E-state index contributed by atoms with van der Waals surface area (Å²) in [4.78, 5) is 14.1. The van der Waals surface area contributed by atoms with Gasteiger partial charge in [-0.15, -0.1) is 11.6 Å². The number of alkyl halides is 1. The minimum absolute atomic E-state index is 0.0449. The average Bonchev–Trinajstić information content (AvgIpc) is 2.41. The van der Waals surface area contributed by atoms with E-state index >= 15 is 0 Å². The van der Waals surface area contributed by atoms with Gasteiger partial charge in [-0.3, -0.25) is 4.79 Å². The number of carbonyl (C=O) groups excluding carboxylic acids is 1. The van der Waals surface area contributed by atoms with E-state index in [1.54, 1.807) is 4.90 Å². The van der Waals surface area contributed by atoms with Gasteiger partial charge in [0.2, 0.25) is 0 Å². The smallest absolute Gasteiger partial charge is 0.258 e. The highest BCUT2D eigenvalue weighted by molar-refractivity contribution is 6.18. The maximum Gasteiger partial charge on any atom is 0.258 e. The number of benzene rings is 1. The fourth-order valence-electron chi connectivity index (χ4n) is 2.12. The van der Waals surface area contributed by atoms with Crippen LogP contribution in [0.2, 0.25) is 0 Å². The molecule has 0 aliphatic heterocycles. The molecule has 1 aromatic carbocycles. The maximum atomic E-state index is 12.5. The summed E-state index contributed by atoms with van der Waals surface area (Å²) in [6.07, 6.45) is 1.64. The molecule has 0 saturated heterocycles. The zero-order valence-corrected chi connectivity index (χ0v) is 12.0. The third-order valence-electron chi connectivity index (χ3n) is 3.18. The van der Waals surface area contributed by atoms with Gasteiger partial charge in [-0.2, -0.15) is 0 Å². The first kappa shape index (κ1) is 15.6. The van der Waals surface area contributed by atoms with Gasteiger partial charge in [-0.25, -0.2) is 0 Å². The molecule has 2 N–H and O–H groups in total. The second kappa shape index (κ2) is 7.24. The minimum Gasteiger partial charge on any atom is -0.508 e. The van der Waals surface area contributed by atoms with E-state index in [0.717, 1.165) is 12.8 Å². The number of hydrogen-bond acceptors (Lipinski definition) is 3. The molecule has 0 heterocycles. The lowest BCUT2D eigenvalue weighted by Gasteiger charge is -2.30. The molecule has 0 unspecified atom stereocenters. The van der Waals surface area contributed by atoms with Crippen LogP contribution in [0.1, 0.15) is 37.0 Å². The summed E-state index contributed by atoms with van der Waals surface area (Å²) in [5.74, 6) is -0.144. The van der Waals surface area contributed by atoms with Crippen molar-refractivity contribution in [2.45, 2.75) is 32.7 Å². The summed E-state index contributed by atoms with van der Waals surface area (Å²) in [5.41, 5.74) is 0.108. The van der Waals surface area contributed by atoms with Crippen LogP contribution < -0.4 is 0 Å². The topological polar surface area (TPSA) is 60.8 Å². The van der Waals surface area contributed by atoms with Crippen LogP contribution in [-0.4, -0.2) is 39.5 Å². The van der Waals surface area contributed by atoms with Gasteiger partial charge < -0.3 is 15.1 Å². The first-order chi connectivity index (χ1) is 9.04. The second-order valence-corrected chi connectivity index (χ2v) is 4.74. The zero-order chi connectivity index (χ0) is 14.4. The third-order valence-corrected chi connectivity index (χ3v) is 3.35. The molecule has 1 amide bonds. The molecule has 1 aromatic rings. The number of aromatic hydroxyl groups is 2. The van der Waals surface area contributed by atoms with Gasteiger partial charge in [-0.05, 0) is 31.0 Å². The maximum absolute atomic E-state index is 12.5. The Morgan fingerprint density at radius 1 is 1.32 bits per heavy atom. The number of amides is 1. The second-order valence-electron chi connectivity index (χ2n) is 4.36. The SMILES string of the molecule is CCC(CC)N(CCCl)C(=O)c1cc(O)ccc1O. The Morgan fingerprint density at radius 3 is 2.47 bits per heavy atom. The highest BCUT2D eigenvalue weighted by atomic mass is 35.5. The Labute approximate surface area is 118 Å². The van der Waals surface area contributed by atoms with Crippen molar-refractivity contribution in [3.05, 3.63) is 23.8 Å². The van der Waals surface area contributed by atoms with E-state index in [1.807, 2.05) is 13.8 Å². The number of carbonyl (C=O) groups is 1. The molecular formula is C14H20ClNO3. The van der Waals surface area contributed by atoms with E-state index in [0.29, 0.717) is 12.4 Å². The van der Waals surface area contributed by atoms with Crippen LogP contribution in [0.15, 0.2) is 18.2 Å². The molecule has 0 spiro atoms. The van der Waals surface area contributed by atoms with Crippen molar-refractivity contribution in [3.63, 3.8) is 0 Å². The first-order valence-electron chi connectivity index (χ1n) is 6.44. The van der Waals surface area contributed by atoms with Gasteiger partial charge >= 0.3 is 0 Å². The highest BCUT2D eigenvalue weighted by Crippen LogP contribution is 2.25. The molecular weight excluding hydrogens is 266 g/mol. The molecule has 0 saturated carbocycles. The van der Waals surface area contributed by atoms with Crippen molar-refractivity contribution >= 4 is 17.5 Å². The lowest BCUT2D eigenvalue weighted by Crippen LogP contribution is -2.41. The van der Waals surface area contributed by atoms with Crippen molar-refractivity contribution in [2.24, 2.45) is 0 Å². The Hall–Kier alpha value is -1.42. The van der Waals surface area contributed by atoms with Crippen LogP contribution in [0.3, 0.4) is 0 Å². The molecule has 0 aromatic heterocycles. The van der Waals surface area contributed by atoms with Crippen LogP contribution in [0.5, 0.6) is 11.5 Å². The Balaban J connectivity index is 3.08. The van der Waals surface area contributed by atoms with Gasteiger partial charge in [0, 0.05) is 18.5 Å². The molecule has 0 aliphatic carbocycles. The van der Waals surface area contributed by atoms with Crippen LogP contribution >= 0.6 is 11.6 Å². The van der Waals surface area contributed by atoms with E-state index in [9.17, 15) is 15.0 Å². The Kier molecular flexibility index (Phi) is 5.96. The summed E-state index contributed by atoms with van der Waals surface area (Å²) < 4.78 is 0. The van der Waals surface area contributed by atoms with E-state index in [1.165, 1.54) is 18.2 Å². The summed E-state index contributed by atoms with van der Waals surface area (Å²) in [7, 11) is 0. The van der Waals surface area contributed by atoms with Gasteiger partial charge in [-0.1, -0.05) is 13.8 Å². The van der Waals surface area contributed by atoms with Crippen molar-refractivity contribution in [2.75, 3.05) is 12.4 Å². The van der Waals surface area contributed by atoms with E-state index in [4.69, 9.17) is 11.6 Å². The van der Waals surface area contributed by atoms with E-state index in [2.05, 4.69) is 0 Å². The van der Waals surface area contributed by atoms with Gasteiger partial charge in [0.15, 0.2) is 0 Å². The number of nitrogens with zero attached hydrogens (tertiary/aromatic N) is 1. The zero-order valence-electron chi connectivity index (χ0n) is 11.3. The van der Waals surface area contributed by atoms with Crippen LogP contribution in [0.4, 0.5) is 0 Å². The van der Waals surface area contributed by atoms with E-state index < -0.39 is 0 Å². The highest BCUT2D eigenvalue weighted by Gasteiger charge is 2.24. The fourth-order valence-corrected chi connectivity index (χ4v) is 2.30. The number of rotatable bonds is 6. The van der Waals surface area contributed by atoms with Crippen molar-refractivity contribution < 1.29 is 15.0 Å². The first-order valence-corrected chi connectivity index (χ1v) is 6.97. The third kappa shape index (κ3) is 3.77. The molecule has 106 valence electrons. The molecule has 1 rings (SSSR count). The lowest BCUT2D eigenvalue weighted by molar-refractivity contribution is 0.0678. The standard InChI is InChI=1S/C14H20ClNO3/c1-3-10(4-2)16(8-7-15)14(19)12-9-11(17)5-6-13(12)18/h5-6,9-10,17-18H,3-4,7-8H2,1-2H3. The largest absolute Gasteiger partial charge is 0.508 e. The van der Waals surface area contributed by atoms with Crippen LogP contribution in [-0.2, 0) is 0 Å². The fraction of sp³-hybridized carbons (Fsp3) is 0.500. The van der Waals surface area contributed by atoms with Gasteiger partial charge in [0.1, 0.15) is 11.5 Å². The van der Waals surface area contributed by atoms with Gasteiger partial charge in [0.25, 0.3) is 5.91 Å². The number of hydrogen-bond donors (Lipinski definition) is 2. The summed E-state index contributed by atoms with van der Waals surface area (Å²) in [6, 6.07) is 4.01. The van der Waals surface area contributed by atoms with Crippen LogP contribution in [0.25, 0.3) is 0 Å². The average molecular weight is 286 g/mol. The van der Waals surface area contributed by atoms with Crippen molar-refractivity contribution in [1.29, 1.82) is 0 Å². The Bertz CT molecular complexity index is 433. The normalized spacial score (nSPS) is 10.7. The quantitative estimate of drug-likeness (QED) is 0.624. The molecule has 0 bridgehead atoms. The monoisotopic (exact) mass is 285 g/mol. The number of halogens is 1. The van der Waals surface area contributed by atoms with Gasteiger partial charge in [0.05, 0.1) is 5.56 Å².